The number of carbonyl (C=O) groups excluding carboxylic acids is 2. The first-order valence-electron chi connectivity index (χ1n) is 7.45. The molecular weight excluding hydrogens is 365 g/mol. The molecule has 0 heterocycles. The van der Waals surface area contributed by atoms with E-state index in [0.717, 1.165) is 11.1 Å². The van der Waals surface area contributed by atoms with Crippen molar-refractivity contribution in [3.05, 3.63) is 57.6 Å². The summed E-state index contributed by atoms with van der Waals surface area (Å²) in [6.45, 7) is 3.09. The van der Waals surface area contributed by atoms with Crippen LogP contribution >= 0.6 is 23.2 Å². The number of halogens is 2. The fraction of sp³-hybridized carbons (Fsp3) is 0.222. The number of amides is 1. The van der Waals surface area contributed by atoms with Crippen molar-refractivity contribution in [1.82, 2.24) is 0 Å². The lowest BCUT2D eigenvalue weighted by molar-refractivity contribution is -0.149. The number of hydrogen-bond donors (Lipinski definition) is 1. The van der Waals surface area contributed by atoms with E-state index in [-0.39, 0.29) is 6.61 Å². The lowest BCUT2D eigenvalue weighted by atomic mass is 10.1. The second-order valence-electron chi connectivity index (χ2n) is 5.39. The Kier molecular flexibility index (Phi) is 6.67. The monoisotopic (exact) mass is 381 g/mol. The van der Waals surface area contributed by atoms with Gasteiger partial charge in [0.15, 0.2) is 13.2 Å². The summed E-state index contributed by atoms with van der Waals surface area (Å²) in [6, 6.07) is 10.3. The lowest BCUT2D eigenvalue weighted by Crippen LogP contribution is -2.23. The fourth-order valence-electron chi connectivity index (χ4n) is 1.96. The zero-order valence-electron chi connectivity index (χ0n) is 13.8. The van der Waals surface area contributed by atoms with E-state index in [1.165, 1.54) is 6.07 Å². The van der Waals surface area contributed by atoms with Crippen LogP contribution in [0.2, 0.25) is 10.0 Å². The lowest BCUT2D eigenvalue weighted by Gasteiger charge is -2.10. The Labute approximate surface area is 155 Å². The third kappa shape index (κ3) is 5.96. The molecule has 0 saturated heterocycles. The fourth-order valence-corrected chi connectivity index (χ4v) is 2.42. The molecule has 132 valence electrons. The maximum Gasteiger partial charge on any atom is 0.344 e. The number of anilines is 1. The quantitative estimate of drug-likeness (QED) is 0.762. The molecule has 2 rings (SSSR count). The van der Waals surface area contributed by atoms with Crippen LogP contribution < -0.4 is 10.1 Å². The molecule has 0 saturated carbocycles. The van der Waals surface area contributed by atoms with Gasteiger partial charge in [-0.25, -0.2) is 4.79 Å². The van der Waals surface area contributed by atoms with Gasteiger partial charge in [0.05, 0.1) is 10.7 Å². The number of esters is 1. The van der Waals surface area contributed by atoms with Gasteiger partial charge in [-0.15, -0.1) is 0 Å². The van der Waals surface area contributed by atoms with Gasteiger partial charge in [-0.1, -0.05) is 35.3 Å². The average Bonchev–Trinajstić information content (AvgIpc) is 2.56. The summed E-state index contributed by atoms with van der Waals surface area (Å²) in [4.78, 5) is 23.5. The Morgan fingerprint density at radius 2 is 1.80 bits per heavy atom. The smallest absolute Gasteiger partial charge is 0.344 e. The maximum atomic E-state index is 11.8. The number of nitrogens with one attached hydrogen (secondary N) is 1. The van der Waals surface area contributed by atoms with Gasteiger partial charge in [0.1, 0.15) is 5.75 Å². The highest BCUT2D eigenvalue weighted by Crippen LogP contribution is 2.25. The summed E-state index contributed by atoms with van der Waals surface area (Å²) in [5, 5.41) is 3.29. The van der Waals surface area contributed by atoms with E-state index in [0.29, 0.717) is 21.5 Å². The first-order chi connectivity index (χ1) is 11.8. The molecule has 0 aromatic heterocycles. The van der Waals surface area contributed by atoms with Gasteiger partial charge in [0.25, 0.3) is 5.91 Å². The van der Waals surface area contributed by atoms with Crippen molar-refractivity contribution in [2.45, 2.75) is 13.8 Å². The highest BCUT2D eigenvalue weighted by Gasteiger charge is 2.11. The zero-order chi connectivity index (χ0) is 18.4. The van der Waals surface area contributed by atoms with Gasteiger partial charge in [-0.3, -0.25) is 4.79 Å². The standard InChI is InChI=1S/C18H17Cl2NO4/c1-11-3-4-12(2)16(7-11)24-10-18(23)25-9-17(22)21-15-6-5-13(19)8-14(15)20/h3-8H,9-10H2,1-2H3,(H,21,22). The number of aryl methyl sites for hydroxylation is 2. The van der Waals surface area contributed by atoms with Crippen molar-refractivity contribution >= 4 is 40.8 Å². The second-order valence-corrected chi connectivity index (χ2v) is 6.23. The van der Waals surface area contributed by atoms with Crippen molar-refractivity contribution in [3.8, 4) is 5.75 Å². The van der Waals surface area contributed by atoms with Crippen LogP contribution in [0.25, 0.3) is 0 Å². The third-order valence-electron chi connectivity index (χ3n) is 3.26. The van der Waals surface area contributed by atoms with Gasteiger partial charge in [-0.2, -0.15) is 0 Å². The largest absolute Gasteiger partial charge is 0.482 e. The minimum absolute atomic E-state index is 0.278. The molecule has 0 spiro atoms. The number of ether oxygens (including phenoxy) is 2. The summed E-state index contributed by atoms with van der Waals surface area (Å²) < 4.78 is 10.3. The molecule has 0 aliphatic carbocycles. The van der Waals surface area contributed by atoms with Crippen LogP contribution in [0, 0.1) is 13.8 Å². The molecule has 0 aliphatic rings. The molecule has 1 amide bonds. The van der Waals surface area contributed by atoms with Crippen LogP contribution in [0.1, 0.15) is 11.1 Å². The SMILES string of the molecule is Cc1ccc(C)c(OCC(=O)OCC(=O)Nc2ccc(Cl)cc2Cl)c1. The molecule has 25 heavy (non-hydrogen) atoms. The summed E-state index contributed by atoms with van der Waals surface area (Å²) >= 11 is 11.7. The van der Waals surface area contributed by atoms with E-state index in [2.05, 4.69) is 5.32 Å². The Balaban J connectivity index is 1.79. The van der Waals surface area contributed by atoms with Crippen LogP contribution in [-0.2, 0) is 14.3 Å². The van der Waals surface area contributed by atoms with Crippen molar-refractivity contribution in [2.24, 2.45) is 0 Å². The van der Waals surface area contributed by atoms with Gasteiger partial charge in [-0.05, 0) is 49.2 Å². The molecule has 0 aliphatic heterocycles. The highest BCUT2D eigenvalue weighted by atomic mass is 35.5. The van der Waals surface area contributed by atoms with Crippen molar-refractivity contribution < 1.29 is 19.1 Å². The van der Waals surface area contributed by atoms with Crippen molar-refractivity contribution in [2.75, 3.05) is 18.5 Å². The van der Waals surface area contributed by atoms with Crippen molar-refractivity contribution in [1.29, 1.82) is 0 Å². The minimum atomic E-state index is -0.641. The molecule has 0 atom stereocenters. The summed E-state index contributed by atoms with van der Waals surface area (Å²) in [7, 11) is 0. The van der Waals surface area contributed by atoms with E-state index >= 15 is 0 Å². The topological polar surface area (TPSA) is 64.6 Å². The molecule has 2 aromatic carbocycles. The van der Waals surface area contributed by atoms with Crippen LogP contribution in [0.5, 0.6) is 5.75 Å². The molecule has 2 aromatic rings. The Morgan fingerprint density at radius 1 is 1.04 bits per heavy atom. The third-order valence-corrected chi connectivity index (χ3v) is 3.81. The molecule has 0 bridgehead atoms. The van der Waals surface area contributed by atoms with Crippen LogP contribution in [0.15, 0.2) is 36.4 Å². The molecule has 0 unspecified atom stereocenters. The van der Waals surface area contributed by atoms with Gasteiger partial charge in [0, 0.05) is 5.02 Å². The number of hydrogen-bond acceptors (Lipinski definition) is 4. The normalized spacial score (nSPS) is 10.2. The second kappa shape index (κ2) is 8.74. The molecule has 0 radical (unpaired) electrons. The number of benzene rings is 2. The Morgan fingerprint density at radius 3 is 2.52 bits per heavy atom. The van der Waals surface area contributed by atoms with Crippen molar-refractivity contribution in [3.63, 3.8) is 0 Å². The Bertz CT molecular complexity index is 793. The van der Waals surface area contributed by atoms with Gasteiger partial charge in [0.2, 0.25) is 0 Å². The summed E-state index contributed by atoms with van der Waals surface area (Å²) in [5.74, 6) is -0.545. The average molecular weight is 382 g/mol. The number of rotatable bonds is 6. The first kappa shape index (κ1) is 19.1. The van der Waals surface area contributed by atoms with Crippen LogP contribution in [-0.4, -0.2) is 25.1 Å². The predicted octanol–water partition coefficient (Wildman–Crippen LogP) is 4.17. The highest BCUT2D eigenvalue weighted by molar-refractivity contribution is 6.36. The Hall–Kier alpha value is -2.24. The predicted molar refractivity (Wildman–Crippen MR) is 97.5 cm³/mol. The summed E-state index contributed by atoms with van der Waals surface area (Å²) in [6.07, 6.45) is 0. The van der Waals surface area contributed by atoms with Gasteiger partial charge < -0.3 is 14.8 Å². The molecule has 1 N–H and O–H groups in total. The van der Waals surface area contributed by atoms with Crippen LogP contribution in [0.4, 0.5) is 5.69 Å². The van der Waals surface area contributed by atoms with E-state index in [1.54, 1.807) is 12.1 Å². The molecular formula is C18H17Cl2NO4. The first-order valence-corrected chi connectivity index (χ1v) is 8.21. The van der Waals surface area contributed by atoms with Crippen LogP contribution in [0.3, 0.4) is 0 Å². The number of carbonyl (C=O) groups is 2. The zero-order valence-corrected chi connectivity index (χ0v) is 15.3. The van der Waals surface area contributed by atoms with E-state index < -0.39 is 18.5 Å². The van der Waals surface area contributed by atoms with E-state index in [9.17, 15) is 9.59 Å². The van der Waals surface area contributed by atoms with E-state index in [4.69, 9.17) is 32.7 Å². The minimum Gasteiger partial charge on any atom is -0.482 e. The van der Waals surface area contributed by atoms with Gasteiger partial charge >= 0.3 is 5.97 Å². The molecule has 7 heteroatoms. The maximum absolute atomic E-state index is 11.8. The molecule has 0 fully saturated rings. The van der Waals surface area contributed by atoms with E-state index in [1.807, 2.05) is 32.0 Å². The summed E-state index contributed by atoms with van der Waals surface area (Å²) in [5.41, 5.74) is 2.32. The molecule has 5 nitrogen and oxygen atoms in total.